The van der Waals surface area contributed by atoms with Crippen LogP contribution in [0.5, 0.6) is 11.5 Å². The Hall–Kier alpha value is -2.12. The van der Waals surface area contributed by atoms with E-state index in [1.54, 1.807) is 19.2 Å². The lowest BCUT2D eigenvalue weighted by molar-refractivity contribution is -0.153. The minimum atomic E-state index is -4.39. The molecule has 0 aromatic heterocycles. The maximum Gasteiger partial charge on any atom is 0.422 e. The van der Waals surface area contributed by atoms with E-state index in [2.05, 4.69) is 15.6 Å². The van der Waals surface area contributed by atoms with Gasteiger partial charge in [0, 0.05) is 20.1 Å². The van der Waals surface area contributed by atoms with Crippen molar-refractivity contribution in [1.29, 1.82) is 0 Å². The third-order valence-corrected chi connectivity index (χ3v) is 2.85. The van der Waals surface area contributed by atoms with E-state index >= 15 is 0 Å². The second-order valence-electron chi connectivity index (χ2n) is 4.74. The second-order valence-corrected chi connectivity index (χ2v) is 4.74. The number of hydrogen-bond acceptors (Lipinski definition) is 3. The van der Waals surface area contributed by atoms with Crippen LogP contribution in [0.3, 0.4) is 0 Å². The standard InChI is InChI=1S/C15H22F3N3O2/c1-4-7-20-14(19-2)21-9-11-5-6-12(13(8-11)22-3)23-10-15(16,17)18/h5-6,8H,4,7,9-10H2,1-3H3,(H2,19,20,21). The SMILES string of the molecule is CCCNC(=NC)NCc1ccc(OCC(F)(F)F)c(OC)c1. The van der Waals surface area contributed by atoms with Crippen molar-refractivity contribution in [3.8, 4) is 11.5 Å². The van der Waals surface area contributed by atoms with E-state index in [0.717, 1.165) is 18.5 Å². The molecule has 0 radical (unpaired) electrons. The predicted molar refractivity (Wildman–Crippen MR) is 83.0 cm³/mol. The highest BCUT2D eigenvalue weighted by Crippen LogP contribution is 2.29. The van der Waals surface area contributed by atoms with Crippen LogP contribution in [0.25, 0.3) is 0 Å². The Morgan fingerprint density at radius 1 is 1.22 bits per heavy atom. The number of hydrogen-bond donors (Lipinski definition) is 2. The number of aliphatic imine (C=N–C) groups is 1. The van der Waals surface area contributed by atoms with Crippen LogP contribution in [0.1, 0.15) is 18.9 Å². The summed E-state index contributed by atoms with van der Waals surface area (Å²) in [4.78, 5) is 4.07. The quantitative estimate of drug-likeness (QED) is 0.595. The summed E-state index contributed by atoms with van der Waals surface area (Å²) in [6.45, 7) is 1.95. The van der Waals surface area contributed by atoms with Crippen molar-refractivity contribution >= 4 is 5.96 Å². The molecule has 0 unspecified atom stereocenters. The van der Waals surface area contributed by atoms with Crippen molar-refractivity contribution in [3.05, 3.63) is 23.8 Å². The van der Waals surface area contributed by atoms with Crippen LogP contribution in [0.4, 0.5) is 13.2 Å². The summed E-state index contributed by atoms with van der Waals surface area (Å²) in [6.07, 6.45) is -3.41. The van der Waals surface area contributed by atoms with Crippen molar-refractivity contribution in [2.24, 2.45) is 4.99 Å². The van der Waals surface area contributed by atoms with Gasteiger partial charge in [0.05, 0.1) is 7.11 Å². The van der Waals surface area contributed by atoms with Gasteiger partial charge in [-0.3, -0.25) is 4.99 Å². The van der Waals surface area contributed by atoms with Gasteiger partial charge in [-0.2, -0.15) is 13.2 Å². The second kappa shape index (κ2) is 9.12. The van der Waals surface area contributed by atoms with Gasteiger partial charge in [0.2, 0.25) is 0 Å². The lowest BCUT2D eigenvalue weighted by Gasteiger charge is -2.15. The molecule has 2 N–H and O–H groups in total. The smallest absolute Gasteiger partial charge is 0.422 e. The Balaban J connectivity index is 2.68. The van der Waals surface area contributed by atoms with E-state index in [9.17, 15) is 13.2 Å². The molecular formula is C15H22F3N3O2. The molecule has 23 heavy (non-hydrogen) atoms. The number of methoxy groups -OCH3 is 1. The van der Waals surface area contributed by atoms with Crippen molar-refractivity contribution in [3.63, 3.8) is 0 Å². The summed E-state index contributed by atoms with van der Waals surface area (Å²) in [6, 6.07) is 4.77. The number of rotatable bonds is 7. The first kappa shape index (κ1) is 18.9. The number of nitrogens with zero attached hydrogens (tertiary/aromatic N) is 1. The number of benzene rings is 1. The topological polar surface area (TPSA) is 54.9 Å². The van der Waals surface area contributed by atoms with E-state index < -0.39 is 12.8 Å². The average molecular weight is 333 g/mol. The Kier molecular flexibility index (Phi) is 7.50. The molecule has 0 saturated heterocycles. The van der Waals surface area contributed by atoms with Gasteiger partial charge >= 0.3 is 6.18 Å². The third kappa shape index (κ3) is 7.12. The summed E-state index contributed by atoms with van der Waals surface area (Å²) in [5.74, 6) is 0.968. The van der Waals surface area contributed by atoms with E-state index in [1.807, 2.05) is 6.92 Å². The fraction of sp³-hybridized carbons (Fsp3) is 0.533. The van der Waals surface area contributed by atoms with E-state index in [0.29, 0.717) is 12.5 Å². The van der Waals surface area contributed by atoms with Crippen LogP contribution in [0, 0.1) is 0 Å². The summed E-state index contributed by atoms with van der Waals surface area (Å²) in [5, 5.41) is 6.23. The molecule has 0 fully saturated rings. The highest BCUT2D eigenvalue weighted by molar-refractivity contribution is 5.79. The van der Waals surface area contributed by atoms with Gasteiger partial charge in [0.25, 0.3) is 0 Å². The monoisotopic (exact) mass is 333 g/mol. The lowest BCUT2D eigenvalue weighted by Crippen LogP contribution is -2.37. The van der Waals surface area contributed by atoms with Gasteiger partial charge < -0.3 is 20.1 Å². The zero-order valence-electron chi connectivity index (χ0n) is 13.5. The highest BCUT2D eigenvalue weighted by atomic mass is 19.4. The van der Waals surface area contributed by atoms with Gasteiger partial charge in [0.1, 0.15) is 0 Å². The zero-order valence-corrected chi connectivity index (χ0v) is 13.5. The first-order valence-corrected chi connectivity index (χ1v) is 7.20. The summed E-state index contributed by atoms with van der Waals surface area (Å²) in [5.41, 5.74) is 0.834. The summed E-state index contributed by atoms with van der Waals surface area (Å²) < 4.78 is 46.5. The molecule has 0 heterocycles. The Morgan fingerprint density at radius 2 is 1.96 bits per heavy atom. The number of alkyl halides is 3. The van der Waals surface area contributed by atoms with Crippen molar-refractivity contribution in [2.75, 3.05) is 27.3 Å². The van der Waals surface area contributed by atoms with E-state index in [-0.39, 0.29) is 11.5 Å². The Morgan fingerprint density at radius 3 is 2.52 bits per heavy atom. The molecule has 1 aromatic rings. The molecule has 5 nitrogen and oxygen atoms in total. The van der Waals surface area contributed by atoms with Crippen LogP contribution >= 0.6 is 0 Å². The third-order valence-electron chi connectivity index (χ3n) is 2.85. The molecule has 0 spiro atoms. The number of guanidine groups is 1. The normalized spacial score (nSPS) is 12.0. The summed E-state index contributed by atoms with van der Waals surface area (Å²) in [7, 11) is 3.05. The van der Waals surface area contributed by atoms with Crippen LogP contribution in [0.2, 0.25) is 0 Å². The van der Waals surface area contributed by atoms with Crippen molar-refractivity contribution in [1.82, 2.24) is 10.6 Å². The van der Waals surface area contributed by atoms with E-state index in [4.69, 9.17) is 9.47 Å². The minimum absolute atomic E-state index is 0.0575. The maximum absolute atomic E-state index is 12.2. The summed E-state index contributed by atoms with van der Waals surface area (Å²) >= 11 is 0. The fourth-order valence-corrected chi connectivity index (χ4v) is 1.75. The number of nitrogens with one attached hydrogen (secondary N) is 2. The van der Waals surface area contributed by atoms with Gasteiger partial charge in [0.15, 0.2) is 24.1 Å². The van der Waals surface area contributed by atoms with Crippen LogP contribution in [0.15, 0.2) is 23.2 Å². The highest BCUT2D eigenvalue weighted by Gasteiger charge is 2.29. The first-order valence-electron chi connectivity index (χ1n) is 7.20. The van der Waals surface area contributed by atoms with Crippen molar-refractivity contribution in [2.45, 2.75) is 26.1 Å². The van der Waals surface area contributed by atoms with Crippen molar-refractivity contribution < 1.29 is 22.6 Å². The molecule has 0 saturated carbocycles. The Bertz CT molecular complexity index is 519. The first-order chi connectivity index (χ1) is 10.9. The number of halogens is 3. The molecule has 1 rings (SSSR count). The average Bonchev–Trinajstić information content (AvgIpc) is 2.52. The number of ether oxygens (including phenoxy) is 2. The van der Waals surface area contributed by atoms with Gasteiger partial charge in [-0.25, -0.2) is 0 Å². The minimum Gasteiger partial charge on any atom is -0.493 e. The van der Waals surface area contributed by atoms with Crippen LogP contribution in [-0.4, -0.2) is 39.4 Å². The molecule has 0 bridgehead atoms. The zero-order chi connectivity index (χ0) is 17.3. The van der Waals surface area contributed by atoms with Gasteiger partial charge in [-0.05, 0) is 24.1 Å². The van der Waals surface area contributed by atoms with Crippen LogP contribution < -0.4 is 20.1 Å². The van der Waals surface area contributed by atoms with Crippen LogP contribution in [-0.2, 0) is 6.54 Å². The Labute approximate surface area is 133 Å². The largest absolute Gasteiger partial charge is 0.493 e. The van der Waals surface area contributed by atoms with Gasteiger partial charge in [-0.1, -0.05) is 13.0 Å². The molecule has 0 aliphatic rings. The fourth-order valence-electron chi connectivity index (χ4n) is 1.75. The molecular weight excluding hydrogens is 311 g/mol. The van der Waals surface area contributed by atoms with Gasteiger partial charge in [-0.15, -0.1) is 0 Å². The maximum atomic E-state index is 12.2. The molecule has 130 valence electrons. The lowest BCUT2D eigenvalue weighted by atomic mass is 10.2. The predicted octanol–water partition coefficient (Wildman–Crippen LogP) is 2.71. The molecule has 0 aliphatic carbocycles. The molecule has 8 heteroatoms. The molecule has 0 atom stereocenters. The molecule has 0 aliphatic heterocycles. The molecule has 0 amide bonds. The van der Waals surface area contributed by atoms with E-state index in [1.165, 1.54) is 13.2 Å². The molecule has 1 aromatic carbocycles.